The summed E-state index contributed by atoms with van der Waals surface area (Å²) in [5.41, 5.74) is 4.63. The maximum Gasteiger partial charge on any atom is 0.240 e. The molecule has 3 heteroatoms. The molecule has 1 radical (unpaired) electrons. The highest BCUT2D eigenvalue weighted by Gasteiger charge is 2.01. The molecule has 0 saturated heterocycles. The molecule has 2 N–H and O–H groups in total. The zero-order valence-electron chi connectivity index (χ0n) is 3.36. The van der Waals surface area contributed by atoms with Gasteiger partial charge in [0.05, 0.1) is 0 Å². The Morgan fingerprint density at radius 1 is 1.83 bits per heavy atom. The van der Waals surface area contributed by atoms with Crippen molar-refractivity contribution in [3.05, 3.63) is 5.38 Å². The second-order valence-corrected chi connectivity index (χ2v) is 1.46. The van der Waals surface area contributed by atoms with Gasteiger partial charge in [-0.05, 0) is 6.92 Å². The van der Waals surface area contributed by atoms with E-state index in [9.17, 15) is 4.79 Å². The van der Waals surface area contributed by atoms with Crippen molar-refractivity contribution in [1.82, 2.24) is 0 Å². The lowest BCUT2D eigenvalue weighted by molar-refractivity contribution is -0.115. The van der Waals surface area contributed by atoms with E-state index in [1.807, 2.05) is 0 Å². The predicted octanol–water partition coefficient (Wildman–Crippen LogP) is 0.262. The van der Waals surface area contributed by atoms with Gasteiger partial charge in [0.15, 0.2) is 0 Å². The fourth-order valence-electron chi connectivity index (χ4n) is 0. The standard InChI is InChI=1S/C3H5ClNO/c1-2(4)3(5)6/h1H3,(H2,5,6). The second-order valence-electron chi connectivity index (χ2n) is 0.898. The number of carbonyl (C=O) groups is 1. The van der Waals surface area contributed by atoms with Crippen molar-refractivity contribution >= 4 is 17.5 Å². The van der Waals surface area contributed by atoms with Gasteiger partial charge in [-0.15, -0.1) is 11.6 Å². The molecule has 0 aromatic heterocycles. The predicted molar refractivity (Wildman–Crippen MR) is 24.0 cm³/mol. The third-order valence-electron chi connectivity index (χ3n) is 0.340. The Morgan fingerprint density at radius 2 is 2.00 bits per heavy atom. The van der Waals surface area contributed by atoms with Crippen molar-refractivity contribution in [2.24, 2.45) is 5.73 Å². The van der Waals surface area contributed by atoms with E-state index in [0.717, 1.165) is 0 Å². The van der Waals surface area contributed by atoms with Gasteiger partial charge in [-0.25, -0.2) is 0 Å². The van der Waals surface area contributed by atoms with Crippen LogP contribution in [-0.2, 0) is 4.79 Å². The van der Waals surface area contributed by atoms with Crippen LogP contribution >= 0.6 is 11.6 Å². The van der Waals surface area contributed by atoms with E-state index >= 15 is 0 Å². The van der Waals surface area contributed by atoms with Gasteiger partial charge < -0.3 is 5.73 Å². The van der Waals surface area contributed by atoms with Gasteiger partial charge in [-0.3, -0.25) is 4.79 Å². The minimum atomic E-state index is -0.559. The van der Waals surface area contributed by atoms with Crippen LogP contribution in [0.2, 0.25) is 0 Å². The van der Waals surface area contributed by atoms with Crippen molar-refractivity contribution < 1.29 is 4.79 Å². The molecule has 0 aromatic rings. The summed E-state index contributed by atoms with van der Waals surface area (Å²) in [7, 11) is 0. The molecule has 0 spiro atoms. The molecule has 35 valence electrons. The van der Waals surface area contributed by atoms with Crippen LogP contribution in [0.3, 0.4) is 0 Å². The summed E-state index contributed by atoms with van der Waals surface area (Å²) in [6, 6.07) is 0. The first kappa shape index (κ1) is 5.76. The lowest BCUT2D eigenvalue weighted by Crippen LogP contribution is -2.13. The van der Waals surface area contributed by atoms with E-state index in [-0.39, 0.29) is 5.38 Å². The average Bonchev–Trinajstić information content (AvgIpc) is 1.36. The second kappa shape index (κ2) is 2.03. The highest BCUT2D eigenvalue weighted by atomic mass is 35.5. The topological polar surface area (TPSA) is 43.1 Å². The molecule has 2 nitrogen and oxygen atoms in total. The zero-order valence-corrected chi connectivity index (χ0v) is 4.12. The average molecular weight is 107 g/mol. The molecule has 0 aliphatic carbocycles. The zero-order chi connectivity index (χ0) is 5.15. The SMILES string of the molecule is C[C](Cl)C(N)=O. The molecule has 0 saturated carbocycles. The summed E-state index contributed by atoms with van der Waals surface area (Å²) in [5, 5.41) is 0.120. The first-order chi connectivity index (χ1) is 2.64. The maximum absolute atomic E-state index is 9.75. The molecular weight excluding hydrogens is 101 g/mol. The van der Waals surface area contributed by atoms with E-state index in [1.54, 1.807) is 0 Å². The molecule has 0 aliphatic heterocycles. The van der Waals surface area contributed by atoms with Crippen LogP contribution in [0.4, 0.5) is 0 Å². The van der Waals surface area contributed by atoms with Crippen LogP contribution in [0.5, 0.6) is 0 Å². The molecule has 0 atom stereocenters. The van der Waals surface area contributed by atoms with E-state index in [1.165, 1.54) is 6.92 Å². The first-order valence-electron chi connectivity index (χ1n) is 1.43. The van der Waals surface area contributed by atoms with Crippen LogP contribution in [-0.4, -0.2) is 5.91 Å². The van der Waals surface area contributed by atoms with Crippen LogP contribution < -0.4 is 5.73 Å². The molecule has 0 heterocycles. The summed E-state index contributed by atoms with van der Waals surface area (Å²) in [5.74, 6) is -0.559. The number of halogens is 1. The molecule has 0 unspecified atom stereocenters. The Morgan fingerprint density at radius 3 is 2.00 bits per heavy atom. The van der Waals surface area contributed by atoms with Gasteiger partial charge in [-0.1, -0.05) is 0 Å². The summed E-state index contributed by atoms with van der Waals surface area (Å²) in [4.78, 5) is 9.75. The van der Waals surface area contributed by atoms with Crippen molar-refractivity contribution in [1.29, 1.82) is 0 Å². The summed E-state index contributed by atoms with van der Waals surface area (Å²) in [6.07, 6.45) is 0. The Balaban J connectivity index is 3.26. The molecule has 0 aromatic carbocycles. The van der Waals surface area contributed by atoms with E-state index in [4.69, 9.17) is 11.6 Å². The number of rotatable bonds is 1. The van der Waals surface area contributed by atoms with Crippen LogP contribution in [0, 0.1) is 5.38 Å². The number of nitrogens with two attached hydrogens (primary N) is 1. The number of amides is 1. The van der Waals surface area contributed by atoms with Crippen molar-refractivity contribution in [3.8, 4) is 0 Å². The fourth-order valence-corrected chi connectivity index (χ4v) is 0. The van der Waals surface area contributed by atoms with Gasteiger partial charge in [-0.2, -0.15) is 0 Å². The van der Waals surface area contributed by atoms with Crippen molar-refractivity contribution in [3.63, 3.8) is 0 Å². The molecule has 1 amide bonds. The fraction of sp³-hybridized carbons (Fsp3) is 0.333. The third kappa shape index (κ3) is 2.03. The summed E-state index contributed by atoms with van der Waals surface area (Å²) in [6.45, 7) is 1.45. The molecule has 0 aliphatic rings. The van der Waals surface area contributed by atoms with Crippen molar-refractivity contribution in [2.75, 3.05) is 0 Å². The number of carbonyl (C=O) groups excluding carboxylic acids is 1. The quantitative estimate of drug-likeness (QED) is 0.512. The Bertz CT molecular complexity index is 61.8. The van der Waals surface area contributed by atoms with Crippen LogP contribution in [0.15, 0.2) is 0 Å². The van der Waals surface area contributed by atoms with Gasteiger partial charge in [0.2, 0.25) is 5.91 Å². The van der Waals surface area contributed by atoms with Gasteiger partial charge in [0.1, 0.15) is 5.38 Å². The lowest BCUT2D eigenvalue weighted by Gasteiger charge is -1.86. The maximum atomic E-state index is 9.75. The Hall–Kier alpha value is -0.240. The number of primary amides is 1. The monoisotopic (exact) mass is 106 g/mol. The minimum Gasteiger partial charge on any atom is -0.368 e. The Kier molecular flexibility index (Phi) is 1.95. The van der Waals surface area contributed by atoms with Gasteiger partial charge >= 0.3 is 0 Å². The highest BCUT2D eigenvalue weighted by Crippen LogP contribution is 1.99. The first-order valence-corrected chi connectivity index (χ1v) is 1.81. The largest absolute Gasteiger partial charge is 0.368 e. The lowest BCUT2D eigenvalue weighted by atomic mass is 10.5. The smallest absolute Gasteiger partial charge is 0.240 e. The molecule has 0 rings (SSSR count). The van der Waals surface area contributed by atoms with Crippen LogP contribution in [0.1, 0.15) is 6.92 Å². The molecular formula is C3H5ClNO. The Labute approximate surface area is 41.3 Å². The number of hydrogen-bond donors (Lipinski definition) is 1. The van der Waals surface area contributed by atoms with E-state index < -0.39 is 5.91 Å². The normalized spacial score (nSPS) is 9.17. The molecule has 0 bridgehead atoms. The van der Waals surface area contributed by atoms with Crippen LogP contribution in [0.25, 0.3) is 0 Å². The molecule has 6 heavy (non-hydrogen) atoms. The van der Waals surface area contributed by atoms with Gasteiger partial charge in [0, 0.05) is 0 Å². The molecule has 0 fully saturated rings. The van der Waals surface area contributed by atoms with Gasteiger partial charge in [0.25, 0.3) is 0 Å². The minimum absolute atomic E-state index is 0.120. The van der Waals surface area contributed by atoms with E-state index in [0.29, 0.717) is 0 Å². The summed E-state index contributed by atoms with van der Waals surface area (Å²) >= 11 is 5.05. The third-order valence-corrected chi connectivity index (χ3v) is 0.526. The highest BCUT2D eigenvalue weighted by molar-refractivity contribution is 6.38. The summed E-state index contributed by atoms with van der Waals surface area (Å²) < 4.78 is 0. The van der Waals surface area contributed by atoms with Crippen molar-refractivity contribution in [2.45, 2.75) is 6.92 Å². The van der Waals surface area contributed by atoms with E-state index in [2.05, 4.69) is 5.73 Å². The number of hydrogen-bond acceptors (Lipinski definition) is 1.